The van der Waals surface area contributed by atoms with E-state index >= 15 is 0 Å². The lowest BCUT2D eigenvalue weighted by atomic mass is 10.3. The lowest BCUT2D eigenvalue weighted by Crippen LogP contribution is -2.05. The topological polar surface area (TPSA) is 77.2 Å². The van der Waals surface area contributed by atoms with Gasteiger partial charge in [-0.25, -0.2) is 14.5 Å². The molecule has 6 nitrogen and oxygen atoms in total. The predicted octanol–water partition coefficient (Wildman–Crippen LogP) is 0.759. The zero-order chi connectivity index (χ0) is 11.5. The van der Waals surface area contributed by atoms with E-state index in [1.807, 2.05) is 0 Å². The van der Waals surface area contributed by atoms with Gasteiger partial charge in [0, 0.05) is 6.07 Å². The average Bonchev–Trinajstić information content (AvgIpc) is 2.77. The minimum Gasteiger partial charge on any atom is -0.508 e. The largest absolute Gasteiger partial charge is 0.508 e. The van der Waals surface area contributed by atoms with E-state index in [4.69, 9.17) is 0 Å². The Hall–Kier alpha value is -2.37. The van der Waals surface area contributed by atoms with E-state index in [0.29, 0.717) is 5.69 Å². The van der Waals surface area contributed by atoms with Crippen LogP contribution in [0.5, 0.6) is 5.75 Å². The van der Waals surface area contributed by atoms with Crippen molar-refractivity contribution in [2.75, 3.05) is 7.11 Å². The maximum Gasteiger partial charge on any atom is 0.377 e. The molecule has 2 rings (SSSR count). The van der Waals surface area contributed by atoms with Crippen molar-refractivity contribution in [3.05, 3.63) is 36.4 Å². The highest BCUT2D eigenvalue weighted by atomic mass is 16.5. The van der Waals surface area contributed by atoms with E-state index in [9.17, 15) is 9.90 Å². The van der Waals surface area contributed by atoms with Gasteiger partial charge < -0.3 is 9.84 Å². The van der Waals surface area contributed by atoms with Gasteiger partial charge in [-0.3, -0.25) is 0 Å². The Bertz CT molecular complexity index is 522. The van der Waals surface area contributed by atoms with E-state index in [0.717, 1.165) is 0 Å². The van der Waals surface area contributed by atoms with Gasteiger partial charge in [0.25, 0.3) is 5.82 Å². The van der Waals surface area contributed by atoms with E-state index < -0.39 is 5.97 Å². The second kappa shape index (κ2) is 4.01. The number of nitrogens with zero attached hydrogens (tertiary/aromatic N) is 3. The minimum absolute atomic E-state index is 0.0224. The van der Waals surface area contributed by atoms with Gasteiger partial charge in [-0.2, -0.15) is 0 Å². The summed E-state index contributed by atoms with van der Waals surface area (Å²) in [4.78, 5) is 14.9. The van der Waals surface area contributed by atoms with Crippen molar-refractivity contribution < 1.29 is 14.6 Å². The van der Waals surface area contributed by atoms with Crippen LogP contribution < -0.4 is 0 Å². The third kappa shape index (κ3) is 1.85. The molecular weight excluding hydrogens is 210 g/mol. The maximum absolute atomic E-state index is 11.1. The first-order chi connectivity index (χ1) is 7.70. The molecule has 0 saturated carbocycles. The summed E-state index contributed by atoms with van der Waals surface area (Å²) in [5.74, 6) is -0.502. The highest BCUT2D eigenvalue weighted by molar-refractivity contribution is 5.84. The summed E-state index contributed by atoms with van der Waals surface area (Å²) in [6.07, 6.45) is 1.38. The summed E-state index contributed by atoms with van der Waals surface area (Å²) in [7, 11) is 1.26. The molecular formula is C10H9N3O3. The SMILES string of the molecule is COC(=O)c1ncn(-c2cccc(O)c2)n1. The molecule has 1 heterocycles. The van der Waals surface area contributed by atoms with Crippen molar-refractivity contribution >= 4 is 5.97 Å². The zero-order valence-electron chi connectivity index (χ0n) is 8.49. The quantitative estimate of drug-likeness (QED) is 0.754. The van der Waals surface area contributed by atoms with E-state index in [1.165, 1.54) is 24.2 Å². The molecule has 2 aromatic rings. The number of benzene rings is 1. The Morgan fingerprint density at radius 2 is 2.31 bits per heavy atom. The molecule has 0 bridgehead atoms. The smallest absolute Gasteiger partial charge is 0.377 e. The van der Waals surface area contributed by atoms with Crippen molar-refractivity contribution in [2.45, 2.75) is 0 Å². The van der Waals surface area contributed by atoms with E-state index in [-0.39, 0.29) is 11.6 Å². The average molecular weight is 219 g/mol. The highest BCUT2D eigenvalue weighted by Crippen LogP contribution is 2.13. The lowest BCUT2D eigenvalue weighted by Gasteiger charge is -1.99. The van der Waals surface area contributed by atoms with Crippen LogP contribution in [0, 0.1) is 0 Å². The number of ether oxygens (including phenoxy) is 1. The molecule has 1 N–H and O–H groups in total. The van der Waals surface area contributed by atoms with Gasteiger partial charge in [0.15, 0.2) is 0 Å². The molecule has 0 fully saturated rings. The fourth-order valence-corrected chi connectivity index (χ4v) is 1.21. The Morgan fingerprint density at radius 3 is 3.00 bits per heavy atom. The molecule has 16 heavy (non-hydrogen) atoms. The molecule has 0 amide bonds. The van der Waals surface area contributed by atoms with Gasteiger partial charge in [-0.05, 0) is 12.1 Å². The van der Waals surface area contributed by atoms with Gasteiger partial charge in [0.05, 0.1) is 12.8 Å². The number of aromatic nitrogens is 3. The second-order valence-corrected chi connectivity index (χ2v) is 3.02. The molecule has 1 aromatic heterocycles. The summed E-state index contributed by atoms with van der Waals surface area (Å²) in [6, 6.07) is 6.46. The number of phenols is 1. The summed E-state index contributed by atoms with van der Waals surface area (Å²) < 4.78 is 5.86. The summed E-state index contributed by atoms with van der Waals surface area (Å²) >= 11 is 0. The monoisotopic (exact) mass is 219 g/mol. The molecule has 0 aliphatic rings. The van der Waals surface area contributed by atoms with E-state index in [2.05, 4.69) is 14.8 Å². The number of hydrogen-bond acceptors (Lipinski definition) is 5. The van der Waals surface area contributed by atoms with Crippen LogP contribution >= 0.6 is 0 Å². The number of carbonyl (C=O) groups is 1. The zero-order valence-corrected chi connectivity index (χ0v) is 8.49. The Morgan fingerprint density at radius 1 is 1.50 bits per heavy atom. The second-order valence-electron chi connectivity index (χ2n) is 3.02. The molecule has 0 radical (unpaired) electrons. The summed E-state index contributed by atoms with van der Waals surface area (Å²) in [5.41, 5.74) is 0.614. The van der Waals surface area contributed by atoms with Crippen LogP contribution in [0.15, 0.2) is 30.6 Å². The van der Waals surface area contributed by atoms with Crippen molar-refractivity contribution in [3.63, 3.8) is 0 Å². The molecule has 1 aromatic carbocycles. The summed E-state index contributed by atoms with van der Waals surface area (Å²) in [6.45, 7) is 0. The van der Waals surface area contributed by atoms with Gasteiger partial charge in [0.1, 0.15) is 12.1 Å². The molecule has 0 aliphatic carbocycles. The predicted molar refractivity (Wildman–Crippen MR) is 54.4 cm³/mol. The van der Waals surface area contributed by atoms with Gasteiger partial charge in [-0.15, -0.1) is 5.10 Å². The molecule has 6 heteroatoms. The maximum atomic E-state index is 11.1. The van der Waals surface area contributed by atoms with Crippen LogP contribution in [-0.4, -0.2) is 33.0 Å². The number of rotatable bonds is 2. The van der Waals surface area contributed by atoms with Crippen LogP contribution in [0.2, 0.25) is 0 Å². The third-order valence-electron chi connectivity index (χ3n) is 1.95. The molecule has 0 spiro atoms. The Labute approximate surface area is 91.1 Å². The van der Waals surface area contributed by atoms with Crippen molar-refractivity contribution in [1.82, 2.24) is 14.8 Å². The van der Waals surface area contributed by atoms with E-state index in [1.54, 1.807) is 18.2 Å². The number of hydrogen-bond donors (Lipinski definition) is 1. The van der Waals surface area contributed by atoms with Gasteiger partial charge >= 0.3 is 5.97 Å². The van der Waals surface area contributed by atoms with Crippen molar-refractivity contribution in [1.29, 1.82) is 0 Å². The first kappa shape index (κ1) is 10.2. The normalized spacial score (nSPS) is 10.1. The van der Waals surface area contributed by atoms with Gasteiger partial charge in [-0.1, -0.05) is 6.07 Å². The Kier molecular flexibility index (Phi) is 2.55. The fraction of sp³-hybridized carbons (Fsp3) is 0.100. The first-order valence-electron chi connectivity index (χ1n) is 4.50. The van der Waals surface area contributed by atoms with Crippen LogP contribution in [0.1, 0.15) is 10.6 Å². The molecule has 82 valence electrons. The van der Waals surface area contributed by atoms with Crippen molar-refractivity contribution in [3.8, 4) is 11.4 Å². The number of carbonyl (C=O) groups excluding carboxylic acids is 1. The molecule has 0 atom stereocenters. The number of aromatic hydroxyl groups is 1. The molecule has 0 unspecified atom stereocenters. The first-order valence-corrected chi connectivity index (χ1v) is 4.50. The lowest BCUT2D eigenvalue weighted by molar-refractivity contribution is 0.0587. The number of methoxy groups -OCH3 is 1. The highest BCUT2D eigenvalue weighted by Gasteiger charge is 2.11. The fourth-order valence-electron chi connectivity index (χ4n) is 1.21. The molecule has 0 aliphatic heterocycles. The van der Waals surface area contributed by atoms with Crippen LogP contribution in [0.25, 0.3) is 5.69 Å². The standard InChI is InChI=1S/C10H9N3O3/c1-16-10(15)9-11-6-13(12-9)7-3-2-4-8(14)5-7/h2-6,14H,1H3. The summed E-state index contributed by atoms with van der Waals surface area (Å²) in [5, 5.41) is 13.2. The Balaban J connectivity index is 2.35. The van der Waals surface area contributed by atoms with Gasteiger partial charge in [0.2, 0.25) is 0 Å². The van der Waals surface area contributed by atoms with Crippen LogP contribution in [-0.2, 0) is 4.74 Å². The number of phenolic OH excluding ortho intramolecular Hbond substituents is 1. The van der Waals surface area contributed by atoms with Crippen molar-refractivity contribution in [2.24, 2.45) is 0 Å². The van der Waals surface area contributed by atoms with Crippen LogP contribution in [0.3, 0.4) is 0 Å². The van der Waals surface area contributed by atoms with Crippen LogP contribution in [0.4, 0.5) is 0 Å². The minimum atomic E-state index is -0.598. The molecule has 0 saturated heterocycles. The third-order valence-corrected chi connectivity index (χ3v) is 1.95. The number of esters is 1.